The first-order chi connectivity index (χ1) is 15.3. The first-order valence-electron chi connectivity index (χ1n) is 9.35. The molecule has 33 heavy (non-hydrogen) atoms. The molecular formula is C21H16F6N4O2. The van der Waals surface area contributed by atoms with Gasteiger partial charge in [0.25, 0.3) is 5.91 Å². The van der Waals surface area contributed by atoms with Crippen LogP contribution in [0.4, 0.5) is 37.7 Å². The van der Waals surface area contributed by atoms with Gasteiger partial charge in [0.2, 0.25) is 5.91 Å². The molecule has 0 bridgehead atoms. The van der Waals surface area contributed by atoms with Crippen molar-refractivity contribution in [1.82, 2.24) is 9.78 Å². The Morgan fingerprint density at radius 1 is 0.879 bits per heavy atom. The van der Waals surface area contributed by atoms with Gasteiger partial charge in [-0.05, 0) is 49.4 Å². The van der Waals surface area contributed by atoms with Crippen molar-refractivity contribution in [2.24, 2.45) is 0 Å². The van der Waals surface area contributed by atoms with Gasteiger partial charge in [-0.2, -0.15) is 31.4 Å². The quantitative estimate of drug-likeness (QED) is 0.492. The van der Waals surface area contributed by atoms with E-state index in [-0.39, 0.29) is 17.4 Å². The number of rotatable bonds is 5. The average molecular weight is 470 g/mol. The molecule has 0 spiro atoms. The average Bonchev–Trinajstić information content (AvgIpc) is 3.26. The molecule has 1 unspecified atom stereocenters. The Kier molecular flexibility index (Phi) is 6.47. The van der Waals surface area contributed by atoms with E-state index in [1.54, 1.807) is 19.2 Å². The number of hydrogen-bond donors (Lipinski definition) is 2. The molecule has 1 aromatic heterocycles. The lowest BCUT2D eigenvalue weighted by Gasteiger charge is -2.15. The minimum Gasteiger partial charge on any atom is -0.324 e. The molecule has 1 atom stereocenters. The van der Waals surface area contributed by atoms with Gasteiger partial charge >= 0.3 is 12.4 Å². The summed E-state index contributed by atoms with van der Waals surface area (Å²) in [6.45, 7) is 1.60. The third-order valence-corrected chi connectivity index (χ3v) is 4.54. The Morgan fingerprint density at radius 2 is 1.45 bits per heavy atom. The largest absolute Gasteiger partial charge is 0.416 e. The summed E-state index contributed by atoms with van der Waals surface area (Å²) in [6.07, 6.45) is -7.07. The predicted molar refractivity (Wildman–Crippen MR) is 106 cm³/mol. The molecule has 6 nitrogen and oxygen atoms in total. The lowest BCUT2D eigenvalue weighted by molar-refractivity contribution is -0.143. The Morgan fingerprint density at radius 3 is 1.97 bits per heavy atom. The maximum Gasteiger partial charge on any atom is 0.416 e. The molecule has 2 amide bonds. The highest BCUT2D eigenvalue weighted by atomic mass is 19.4. The monoisotopic (exact) mass is 470 g/mol. The van der Waals surface area contributed by atoms with Crippen LogP contribution in [0.15, 0.2) is 60.9 Å². The molecular weight excluding hydrogens is 454 g/mol. The highest BCUT2D eigenvalue weighted by Gasteiger charge is 2.37. The van der Waals surface area contributed by atoms with Crippen LogP contribution in [0, 0.1) is 0 Å². The molecule has 0 saturated heterocycles. The number of aromatic nitrogens is 2. The first-order valence-corrected chi connectivity index (χ1v) is 9.35. The minimum atomic E-state index is -5.08. The fourth-order valence-corrected chi connectivity index (χ4v) is 2.84. The molecule has 2 N–H and O–H groups in total. The van der Waals surface area contributed by atoms with Crippen molar-refractivity contribution >= 4 is 23.2 Å². The van der Waals surface area contributed by atoms with Gasteiger partial charge < -0.3 is 10.6 Å². The third-order valence-electron chi connectivity index (χ3n) is 4.54. The number of carbonyl (C=O) groups excluding carboxylic acids is 2. The van der Waals surface area contributed by atoms with Crippen LogP contribution in [0.2, 0.25) is 0 Å². The van der Waals surface area contributed by atoms with Crippen molar-refractivity contribution in [1.29, 1.82) is 0 Å². The van der Waals surface area contributed by atoms with Crippen molar-refractivity contribution in [3.63, 3.8) is 0 Å². The van der Waals surface area contributed by atoms with Crippen molar-refractivity contribution in [2.45, 2.75) is 25.3 Å². The van der Waals surface area contributed by atoms with Crippen LogP contribution in [0.1, 0.15) is 34.5 Å². The second-order valence-corrected chi connectivity index (χ2v) is 6.98. The zero-order chi connectivity index (χ0) is 24.4. The van der Waals surface area contributed by atoms with Crippen molar-refractivity contribution < 1.29 is 35.9 Å². The van der Waals surface area contributed by atoms with Crippen LogP contribution >= 0.6 is 0 Å². The number of nitrogens with one attached hydrogen (secondary N) is 2. The van der Waals surface area contributed by atoms with E-state index >= 15 is 0 Å². The second-order valence-electron chi connectivity index (χ2n) is 6.98. The van der Waals surface area contributed by atoms with Crippen LogP contribution in [0.5, 0.6) is 0 Å². The summed E-state index contributed by atoms with van der Waals surface area (Å²) in [7, 11) is 0. The third kappa shape index (κ3) is 5.90. The van der Waals surface area contributed by atoms with Crippen LogP contribution in [-0.4, -0.2) is 21.6 Å². The topological polar surface area (TPSA) is 76.0 Å². The highest BCUT2D eigenvalue weighted by molar-refractivity contribution is 6.05. The zero-order valence-corrected chi connectivity index (χ0v) is 16.8. The molecule has 0 aliphatic carbocycles. The zero-order valence-electron chi connectivity index (χ0n) is 16.8. The molecule has 1 heterocycles. The summed E-state index contributed by atoms with van der Waals surface area (Å²) in [5.74, 6) is -1.62. The Balaban J connectivity index is 1.80. The molecule has 0 fully saturated rings. The number of nitrogens with zero attached hydrogens (tertiary/aromatic N) is 2. The van der Waals surface area contributed by atoms with Gasteiger partial charge in [-0.25, -0.2) is 0 Å². The normalized spacial score (nSPS) is 12.8. The summed E-state index contributed by atoms with van der Waals surface area (Å²) in [5.41, 5.74) is -3.72. The van der Waals surface area contributed by atoms with Crippen molar-refractivity contribution in [2.75, 3.05) is 10.6 Å². The van der Waals surface area contributed by atoms with Crippen LogP contribution < -0.4 is 10.6 Å². The van der Waals surface area contributed by atoms with Crippen LogP contribution in [0.3, 0.4) is 0 Å². The van der Waals surface area contributed by atoms with E-state index < -0.39 is 46.9 Å². The van der Waals surface area contributed by atoms with Gasteiger partial charge in [-0.1, -0.05) is 6.07 Å². The molecule has 2 aromatic carbocycles. The van der Waals surface area contributed by atoms with E-state index in [2.05, 4.69) is 15.7 Å². The molecule has 174 valence electrons. The summed E-state index contributed by atoms with van der Waals surface area (Å²) in [6, 6.07) is 7.19. The van der Waals surface area contributed by atoms with E-state index in [1.807, 2.05) is 0 Å². The van der Waals surface area contributed by atoms with E-state index in [9.17, 15) is 35.9 Å². The summed E-state index contributed by atoms with van der Waals surface area (Å²) < 4.78 is 79.5. The van der Waals surface area contributed by atoms with Crippen molar-refractivity contribution in [3.05, 3.63) is 77.6 Å². The maximum absolute atomic E-state index is 13.0. The lowest BCUT2D eigenvalue weighted by atomic mass is 10.0. The number of halogens is 6. The summed E-state index contributed by atoms with van der Waals surface area (Å²) in [5, 5.41) is 8.79. The summed E-state index contributed by atoms with van der Waals surface area (Å²) >= 11 is 0. The number of benzene rings is 2. The number of anilines is 2. The van der Waals surface area contributed by atoms with E-state index in [4.69, 9.17) is 0 Å². The SMILES string of the molecule is CC(C(=O)Nc1cccc(NC(=O)c2cc(C(F)(F)F)cc(C(F)(F)F)c2)c1)n1cccn1. The second kappa shape index (κ2) is 8.96. The number of alkyl halides is 6. The van der Waals surface area contributed by atoms with Gasteiger partial charge in [0.1, 0.15) is 6.04 Å². The molecule has 0 saturated carbocycles. The number of carbonyl (C=O) groups is 2. The Bertz CT molecular complexity index is 1120. The molecule has 0 aliphatic heterocycles. The Labute approximate surface area is 183 Å². The maximum atomic E-state index is 13.0. The van der Waals surface area contributed by atoms with Crippen LogP contribution in [0.25, 0.3) is 0 Å². The number of amides is 2. The molecule has 3 aromatic rings. The van der Waals surface area contributed by atoms with E-state index in [1.165, 1.54) is 35.1 Å². The fourth-order valence-electron chi connectivity index (χ4n) is 2.84. The molecule has 3 rings (SSSR count). The van der Waals surface area contributed by atoms with E-state index in [0.29, 0.717) is 12.1 Å². The van der Waals surface area contributed by atoms with Crippen molar-refractivity contribution in [3.8, 4) is 0 Å². The Hall–Kier alpha value is -3.83. The predicted octanol–water partition coefficient (Wildman–Crippen LogP) is 5.37. The van der Waals surface area contributed by atoms with E-state index in [0.717, 1.165) is 0 Å². The van der Waals surface area contributed by atoms with Gasteiger partial charge in [-0.15, -0.1) is 0 Å². The van der Waals surface area contributed by atoms with Gasteiger partial charge in [-0.3, -0.25) is 14.3 Å². The van der Waals surface area contributed by atoms with Gasteiger partial charge in [0.05, 0.1) is 11.1 Å². The van der Waals surface area contributed by atoms with Gasteiger partial charge in [0, 0.05) is 29.3 Å². The smallest absolute Gasteiger partial charge is 0.324 e. The molecule has 0 aliphatic rings. The highest BCUT2D eigenvalue weighted by Crippen LogP contribution is 2.36. The first kappa shape index (κ1) is 23.8. The molecule has 12 heteroatoms. The van der Waals surface area contributed by atoms with Gasteiger partial charge in [0.15, 0.2) is 0 Å². The summed E-state index contributed by atoms with van der Waals surface area (Å²) in [4.78, 5) is 24.8. The van der Waals surface area contributed by atoms with Crippen LogP contribution in [-0.2, 0) is 17.1 Å². The number of hydrogen-bond acceptors (Lipinski definition) is 3. The minimum absolute atomic E-state index is 0.0514. The fraction of sp³-hybridized carbons (Fsp3) is 0.190. The molecule has 0 radical (unpaired) electrons. The standard InChI is InChI=1S/C21H16F6N4O2/c1-12(31-7-3-6-28-31)18(32)29-16-4-2-5-17(11-16)30-19(33)13-8-14(20(22,23)24)10-15(9-13)21(25,26)27/h2-12H,1H3,(H,29,32)(H,30,33). The lowest BCUT2D eigenvalue weighted by Crippen LogP contribution is -2.24.